The zero-order valence-electron chi connectivity index (χ0n) is 22.3. The third kappa shape index (κ3) is 9.49. The summed E-state index contributed by atoms with van der Waals surface area (Å²) < 4.78 is 58.7. The first-order valence-electron chi connectivity index (χ1n) is 12.3. The minimum absolute atomic E-state index is 0.000801. The summed E-state index contributed by atoms with van der Waals surface area (Å²) in [6, 6.07) is 13.1. The molecule has 40 heavy (non-hydrogen) atoms. The summed E-state index contributed by atoms with van der Waals surface area (Å²) in [5, 5.41) is 10.8. The Hall–Kier alpha value is -3.16. The molecule has 0 bridgehead atoms. The van der Waals surface area contributed by atoms with Gasteiger partial charge in [-0.2, -0.15) is 13.2 Å². The standard InChI is InChI=1S/C24H31ClN4O3S.C2HF3O2/c1-18-21(25)6-4-7-22(18)33(31,32)29(3)16-5-8-23(30)28(2)17-13-19-9-11-20(12-10-19)24-26-14-15-27-24;3-2(4,5)1(6)7/h4,6-7,9-12H,5,8,13-17H2,1-3H3,(H,26,27);(H,6,7). The van der Waals surface area contributed by atoms with Crippen molar-refractivity contribution in [2.24, 2.45) is 4.99 Å². The fourth-order valence-electron chi connectivity index (χ4n) is 3.64. The number of hydrogen-bond acceptors (Lipinski definition) is 6. The molecule has 9 nitrogen and oxygen atoms in total. The topological polar surface area (TPSA) is 119 Å². The van der Waals surface area contributed by atoms with Crippen LogP contribution < -0.4 is 5.32 Å². The molecule has 0 aromatic heterocycles. The highest BCUT2D eigenvalue weighted by molar-refractivity contribution is 7.89. The van der Waals surface area contributed by atoms with Crippen LogP contribution in [0, 0.1) is 6.92 Å². The predicted molar refractivity (Wildman–Crippen MR) is 146 cm³/mol. The second kappa shape index (κ2) is 14.5. The van der Waals surface area contributed by atoms with Gasteiger partial charge in [0.2, 0.25) is 15.9 Å². The Balaban J connectivity index is 0.000000708. The molecule has 1 aliphatic heterocycles. The number of aliphatic imine (C=N–C) groups is 1. The lowest BCUT2D eigenvalue weighted by molar-refractivity contribution is -0.192. The number of amides is 1. The summed E-state index contributed by atoms with van der Waals surface area (Å²) in [5.74, 6) is -1.82. The largest absolute Gasteiger partial charge is 0.490 e. The highest BCUT2D eigenvalue weighted by Gasteiger charge is 2.38. The van der Waals surface area contributed by atoms with Crippen LogP contribution in [0.1, 0.15) is 29.5 Å². The van der Waals surface area contributed by atoms with E-state index < -0.39 is 22.2 Å². The van der Waals surface area contributed by atoms with Gasteiger partial charge in [0.15, 0.2) is 0 Å². The predicted octanol–water partition coefficient (Wildman–Crippen LogP) is 3.73. The average molecular weight is 605 g/mol. The number of rotatable bonds is 10. The summed E-state index contributed by atoms with van der Waals surface area (Å²) in [4.78, 5) is 27.7. The Kier molecular flexibility index (Phi) is 12.0. The van der Waals surface area contributed by atoms with Crippen LogP contribution in [0.2, 0.25) is 5.02 Å². The van der Waals surface area contributed by atoms with Crippen molar-refractivity contribution in [3.05, 3.63) is 64.2 Å². The van der Waals surface area contributed by atoms with Crippen molar-refractivity contribution in [2.45, 2.75) is 37.3 Å². The summed E-state index contributed by atoms with van der Waals surface area (Å²) in [6.07, 6.45) is -3.59. The van der Waals surface area contributed by atoms with E-state index in [9.17, 15) is 26.4 Å². The SMILES string of the molecule is Cc1c(Cl)cccc1S(=O)(=O)N(C)CCCC(=O)N(C)CCc1ccc(C2=NCCN2)cc1.O=C(O)C(F)(F)F. The molecule has 14 heteroatoms. The molecule has 0 unspecified atom stereocenters. The number of hydrogen-bond donors (Lipinski definition) is 2. The van der Waals surface area contributed by atoms with Gasteiger partial charge < -0.3 is 15.3 Å². The zero-order valence-corrected chi connectivity index (χ0v) is 23.9. The van der Waals surface area contributed by atoms with Gasteiger partial charge in [0.25, 0.3) is 0 Å². The van der Waals surface area contributed by atoms with Gasteiger partial charge in [-0.25, -0.2) is 17.5 Å². The van der Waals surface area contributed by atoms with E-state index in [2.05, 4.69) is 22.4 Å². The molecular formula is C26H32ClF3N4O5S. The number of benzene rings is 2. The van der Waals surface area contributed by atoms with Crippen molar-refractivity contribution in [3.8, 4) is 0 Å². The Bertz CT molecular complexity index is 1320. The number of likely N-dealkylation sites (N-methyl/N-ethyl adjacent to an activating group) is 1. The lowest BCUT2D eigenvalue weighted by Crippen LogP contribution is -2.31. The molecule has 1 heterocycles. The molecule has 1 aliphatic rings. The first kappa shape index (κ1) is 33.0. The van der Waals surface area contributed by atoms with Gasteiger partial charge in [0, 0.05) is 50.7 Å². The van der Waals surface area contributed by atoms with Crippen molar-refractivity contribution in [3.63, 3.8) is 0 Å². The maximum atomic E-state index is 12.8. The van der Waals surface area contributed by atoms with Gasteiger partial charge in [-0.15, -0.1) is 0 Å². The number of aliphatic carboxylic acids is 1. The number of halogens is 4. The molecule has 0 saturated carbocycles. The number of nitrogens with zero attached hydrogens (tertiary/aromatic N) is 3. The second-order valence-corrected chi connectivity index (χ2v) is 11.4. The molecule has 0 spiro atoms. The van der Waals surface area contributed by atoms with Crippen LogP contribution in [-0.4, -0.2) is 86.9 Å². The highest BCUT2D eigenvalue weighted by atomic mass is 35.5. The van der Waals surface area contributed by atoms with E-state index in [1.165, 1.54) is 11.4 Å². The van der Waals surface area contributed by atoms with E-state index in [1.807, 2.05) is 12.1 Å². The van der Waals surface area contributed by atoms with Crippen LogP contribution in [0.25, 0.3) is 0 Å². The number of nitrogens with one attached hydrogen (secondary N) is 1. The molecule has 0 radical (unpaired) electrons. The minimum Gasteiger partial charge on any atom is -0.475 e. The molecule has 2 aromatic carbocycles. The van der Waals surface area contributed by atoms with Crippen LogP contribution in [0.5, 0.6) is 0 Å². The molecule has 0 atom stereocenters. The molecule has 2 aromatic rings. The average Bonchev–Trinajstić information content (AvgIpc) is 3.44. The number of carboxylic acids is 1. The number of sulfonamides is 1. The fourth-order valence-corrected chi connectivity index (χ4v) is 5.32. The van der Waals surface area contributed by atoms with E-state index >= 15 is 0 Å². The van der Waals surface area contributed by atoms with E-state index in [-0.39, 0.29) is 23.8 Å². The van der Waals surface area contributed by atoms with Crippen LogP contribution in [0.3, 0.4) is 0 Å². The lowest BCUT2D eigenvalue weighted by atomic mass is 10.1. The number of carboxylic acid groups (broad SMARTS) is 1. The molecule has 0 fully saturated rings. The number of amidine groups is 1. The summed E-state index contributed by atoms with van der Waals surface area (Å²) in [7, 11) is -0.346. The van der Waals surface area contributed by atoms with Crippen molar-refractivity contribution < 1.29 is 36.3 Å². The van der Waals surface area contributed by atoms with Crippen LogP contribution >= 0.6 is 11.6 Å². The van der Waals surface area contributed by atoms with E-state index in [0.29, 0.717) is 23.6 Å². The molecule has 0 saturated heterocycles. The first-order valence-corrected chi connectivity index (χ1v) is 14.1. The molecular weight excluding hydrogens is 573 g/mol. The van der Waals surface area contributed by atoms with Crippen LogP contribution in [0.4, 0.5) is 13.2 Å². The van der Waals surface area contributed by atoms with Gasteiger partial charge in [0.05, 0.1) is 11.4 Å². The summed E-state index contributed by atoms with van der Waals surface area (Å²) in [6.45, 7) is 4.24. The maximum absolute atomic E-state index is 12.8. The van der Waals surface area contributed by atoms with Crippen LogP contribution in [-0.2, 0) is 26.0 Å². The molecule has 2 N–H and O–H groups in total. The first-order chi connectivity index (χ1) is 18.6. The van der Waals surface area contributed by atoms with Crippen LogP contribution in [0.15, 0.2) is 52.4 Å². The van der Waals surface area contributed by atoms with E-state index in [1.54, 1.807) is 37.1 Å². The fraction of sp³-hybridized carbons (Fsp3) is 0.423. The lowest BCUT2D eigenvalue weighted by Gasteiger charge is -2.20. The van der Waals surface area contributed by atoms with Crippen molar-refractivity contribution in [2.75, 3.05) is 40.3 Å². The number of carbonyl (C=O) groups excluding carboxylic acids is 1. The quantitative estimate of drug-likeness (QED) is 0.427. The van der Waals surface area contributed by atoms with Gasteiger partial charge in [0.1, 0.15) is 5.84 Å². The van der Waals surface area contributed by atoms with Crippen molar-refractivity contribution in [1.29, 1.82) is 0 Å². The van der Waals surface area contributed by atoms with Gasteiger partial charge >= 0.3 is 12.1 Å². The van der Waals surface area contributed by atoms with E-state index in [0.717, 1.165) is 36.5 Å². The third-order valence-corrected chi connectivity index (χ3v) is 8.49. The normalized spacial score (nSPS) is 13.2. The monoisotopic (exact) mass is 604 g/mol. The summed E-state index contributed by atoms with van der Waals surface area (Å²) in [5.41, 5.74) is 2.76. The minimum atomic E-state index is -5.08. The molecule has 220 valence electrons. The Morgan fingerprint density at radius 1 is 1.10 bits per heavy atom. The summed E-state index contributed by atoms with van der Waals surface area (Å²) >= 11 is 6.08. The smallest absolute Gasteiger partial charge is 0.475 e. The van der Waals surface area contributed by atoms with Gasteiger partial charge in [-0.3, -0.25) is 9.79 Å². The zero-order chi connectivity index (χ0) is 30.1. The third-order valence-electron chi connectivity index (χ3n) is 6.08. The number of alkyl halides is 3. The van der Waals surface area contributed by atoms with Gasteiger partial charge in [-0.05, 0) is 43.0 Å². The van der Waals surface area contributed by atoms with E-state index in [4.69, 9.17) is 21.5 Å². The van der Waals surface area contributed by atoms with Gasteiger partial charge in [-0.1, -0.05) is 41.9 Å². The van der Waals surface area contributed by atoms with Crippen molar-refractivity contribution >= 4 is 39.3 Å². The maximum Gasteiger partial charge on any atom is 0.490 e. The Labute approximate surface area is 236 Å². The number of carbonyl (C=O) groups is 2. The van der Waals surface area contributed by atoms with Crippen molar-refractivity contribution in [1.82, 2.24) is 14.5 Å². The molecule has 3 rings (SSSR count). The highest BCUT2D eigenvalue weighted by Crippen LogP contribution is 2.25. The molecule has 0 aliphatic carbocycles. The Morgan fingerprint density at radius 2 is 1.73 bits per heavy atom. The second-order valence-electron chi connectivity index (χ2n) is 9.02. The Morgan fingerprint density at radius 3 is 2.27 bits per heavy atom. The molecule has 1 amide bonds.